The van der Waals surface area contributed by atoms with Crippen LogP contribution in [0.4, 0.5) is 10.2 Å². The number of aromatic hydroxyl groups is 1. The van der Waals surface area contributed by atoms with Gasteiger partial charge in [0, 0.05) is 43.0 Å². The van der Waals surface area contributed by atoms with Gasteiger partial charge in [-0.2, -0.15) is 0 Å². The quantitative estimate of drug-likeness (QED) is 0.673. The number of nitrogens with zero attached hydrogens (tertiary/aromatic N) is 6. The minimum Gasteiger partial charge on any atom is -0.507 e. The molecule has 1 aromatic carbocycles. The molecular weight excluding hydrogens is 407 g/mol. The molecule has 0 radical (unpaired) electrons. The van der Waals surface area contributed by atoms with Crippen molar-refractivity contribution in [2.24, 2.45) is 5.41 Å². The third-order valence-electron chi connectivity index (χ3n) is 7.75. The zero-order valence-corrected chi connectivity index (χ0v) is 18.9. The van der Waals surface area contributed by atoms with Crippen molar-refractivity contribution in [3.63, 3.8) is 0 Å². The molecule has 3 fully saturated rings. The molecule has 0 unspecified atom stereocenters. The number of rotatable bonds is 4. The molecule has 168 valence electrons. The number of fused-ring (bicyclic) bond motifs is 3. The van der Waals surface area contributed by atoms with Crippen LogP contribution in [0.1, 0.15) is 26.7 Å². The van der Waals surface area contributed by atoms with Gasteiger partial charge in [-0.15, -0.1) is 10.2 Å². The maximum absolute atomic E-state index is 15.7. The van der Waals surface area contributed by atoms with Gasteiger partial charge in [0.25, 0.3) is 0 Å². The maximum Gasteiger partial charge on any atom is 0.151 e. The van der Waals surface area contributed by atoms with Crippen molar-refractivity contribution in [2.45, 2.75) is 44.4 Å². The molecule has 7 nitrogen and oxygen atoms in total. The van der Waals surface area contributed by atoms with Crippen LogP contribution in [0.2, 0.25) is 0 Å². The van der Waals surface area contributed by atoms with Crippen LogP contribution in [0, 0.1) is 5.41 Å². The number of anilines is 1. The highest BCUT2D eigenvalue weighted by Crippen LogP contribution is 2.52. The smallest absolute Gasteiger partial charge is 0.151 e. The molecular formula is C24H29FN6O. The first kappa shape index (κ1) is 20.9. The number of aromatic nitrogens is 4. The zero-order valence-electron chi connectivity index (χ0n) is 18.9. The first-order chi connectivity index (χ1) is 15.2. The molecule has 0 spiro atoms. The summed E-state index contributed by atoms with van der Waals surface area (Å²) in [6.07, 6.45) is 6.05. The van der Waals surface area contributed by atoms with E-state index in [1.807, 2.05) is 60.9 Å². The lowest BCUT2D eigenvalue weighted by molar-refractivity contribution is -0.123. The van der Waals surface area contributed by atoms with E-state index in [9.17, 15) is 5.11 Å². The van der Waals surface area contributed by atoms with E-state index in [0.717, 1.165) is 25.1 Å². The van der Waals surface area contributed by atoms with Gasteiger partial charge in [0.1, 0.15) is 11.9 Å². The lowest BCUT2D eigenvalue weighted by Gasteiger charge is -2.63. The highest BCUT2D eigenvalue weighted by Gasteiger charge is 2.61. The summed E-state index contributed by atoms with van der Waals surface area (Å²) in [6, 6.07) is 8.80. The van der Waals surface area contributed by atoms with E-state index in [2.05, 4.69) is 27.0 Å². The summed E-state index contributed by atoms with van der Waals surface area (Å²) >= 11 is 0. The number of alkyl halides is 1. The number of benzene rings is 1. The van der Waals surface area contributed by atoms with Gasteiger partial charge in [0.05, 0.1) is 29.3 Å². The van der Waals surface area contributed by atoms with Gasteiger partial charge in [-0.05, 0) is 51.1 Å². The fourth-order valence-corrected chi connectivity index (χ4v) is 5.59. The van der Waals surface area contributed by atoms with E-state index < -0.39 is 11.7 Å². The van der Waals surface area contributed by atoms with Crippen LogP contribution in [0.3, 0.4) is 0 Å². The lowest BCUT2D eigenvalue weighted by atomic mass is 9.59. The summed E-state index contributed by atoms with van der Waals surface area (Å²) in [4.78, 5) is 8.16. The number of imidazole rings is 1. The van der Waals surface area contributed by atoms with Gasteiger partial charge < -0.3 is 14.6 Å². The third-order valence-corrected chi connectivity index (χ3v) is 7.75. The zero-order chi connectivity index (χ0) is 22.7. The van der Waals surface area contributed by atoms with Gasteiger partial charge in [-0.3, -0.25) is 4.90 Å². The monoisotopic (exact) mass is 436 g/mol. The highest BCUT2D eigenvalue weighted by atomic mass is 19.1. The molecule has 4 heterocycles. The van der Waals surface area contributed by atoms with Gasteiger partial charge in [0.15, 0.2) is 5.82 Å². The Hall–Kier alpha value is -3.00. The van der Waals surface area contributed by atoms with Crippen LogP contribution >= 0.6 is 0 Å². The summed E-state index contributed by atoms with van der Waals surface area (Å²) in [5.41, 5.74) is 1.37. The molecule has 0 amide bonds. The number of phenols is 1. The number of phenolic OH excluding ortho intramolecular Hbond substituents is 1. The normalized spacial score (nSPS) is 29.9. The van der Waals surface area contributed by atoms with Crippen LogP contribution in [-0.2, 0) is 0 Å². The topological polar surface area (TPSA) is 70.3 Å². The summed E-state index contributed by atoms with van der Waals surface area (Å²) < 4.78 is 17.6. The standard InChI is InChI=1S/C24H29FN6O/c1-23-9-10-24(2,29(3)14-23)21(25)22(23)30(4)20-8-7-18(27-28-20)17-6-5-16(13-19(17)32)31-12-11-26-15-31/h5-8,11-13,15,21-22,32H,9-10,14H2,1-4H3/t21-,22-,23-,24-/m1/s1. The molecule has 1 N–H and O–H groups in total. The van der Waals surface area contributed by atoms with Crippen molar-refractivity contribution in [1.29, 1.82) is 0 Å². The van der Waals surface area contributed by atoms with Crippen LogP contribution in [0.25, 0.3) is 16.9 Å². The fraction of sp³-hybridized carbons (Fsp3) is 0.458. The van der Waals surface area contributed by atoms with Crippen molar-refractivity contribution < 1.29 is 9.50 Å². The summed E-state index contributed by atoms with van der Waals surface area (Å²) in [7, 11) is 3.94. The molecule has 6 rings (SSSR count). The highest BCUT2D eigenvalue weighted by molar-refractivity contribution is 5.69. The van der Waals surface area contributed by atoms with Crippen molar-refractivity contribution in [3.05, 3.63) is 49.1 Å². The number of hydrogen-bond donors (Lipinski definition) is 1. The molecule has 8 heteroatoms. The second-order valence-corrected chi connectivity index (χ2v) is 9.77. The SMILES string of the molecule is CN(c1ccc(-c2ccc(-n3ccnc3)cc2O)nn1)[C@@H]1[C@@H](F)[C@@]2(C)CC[C@]1(C)CN2C. The molecule has 4 atom stereocenters. The molecule has 2 aromatic heterocycles. The molecule has 3 aliphatic rings. The Balaban J connectivity index is 1.41. The Morgan fingerprint density at radius 1 is 1.16 bits per heavy atom. The van der Waals surface area contributed by atoms with Crippen LogP contribution in [0.5, 0.6) is 5.75 Å². The van der Waals surface area contributed by atoms with Crippen molar-refractivity contribution >= 4 is 5.82 Å². The first-order valence-electron chi connectivity index (χ1n) is 11.0. The minimum absolute atomic E-state index is 0.114. The van der Waals surface area contributed by atoms with Crippen molar-refractivity contribution in [2.75, 3.05) is 25.5 Å². The molecule has 2 saturated heterocycles. The summed E-state index contributed by atoms with van der Waals surface area (Å²) in [6.45, 7) is 5.07. The third kappa shape index (κ3) is 3.08. The summed E-state index contributed by atoms with van der Waals surface area (Å²) in [5, 5.41) is 19.3. The van der Waals surface area contributed by atoms with E-state index in [1.54, 1.807) is 18.6 Å². The van der Waals surface area contributed by atoms with Crippen LogP contribution < -0.4 is 4.90 Å². The largest absolute Gasteiger partial charge is 0.507 e. The van der Waals surface area contributed by atoms with Crippen molar-refractivity contribution in [1.82, 2.24) is 24.6 Å². The molecule has 1 aliphatic carbocycles. The van der Waals surface area contributed by atoms with Gasteiger partial charge in [0.2, 0.25) is 0 Å². The number of halogens is 1. The number of piperidine rings is 2. The second-order valence-electron chi connectivity index (χ2n) is 9.77. The fourth-order valence-electron chi connectivity index (χ4n) is 5.59. The Labute approximate surface area is 187 Å². The molecule has 2 bridgehead atoms. The summed E-state index contributed by atoms with van der Waals surface area (Å²) in [5.74, 6) is 0.749. The Kier molecular flexibility index (Phi) is 4.74. The number of hydrogen-bond acceptors (Lipinski definition) is 6. The van der Waals surface area contributed by atoms with E-state index in [1.165, 1.54) is 0 Å². The maximum atomic E-state index is 15.7. The van der Waals surface area contributed by atoms with E-state index >= 15 is 4.39 Å². The van der Waals surface area contributed by atoms with Gasteiger partial charge in [-0.25, -0.2) is 9.37 Å². The van der Waals surface area contributed by atoms with E-state index in [4.69, 9.17) is 0 Å². The molecule has 2 aliphatic heterocycles. The predicted octanol–water partition coefficient (Wildman–Crippen LogP) is 3.68. The van der Waals surface area contributed by atoms with Crippen molar-refractivity contribution in [3.8, 4) is 22.7 Å². The second kappa shape index (κ2) is 7.27. The minimum atomic E-state index is -0.980. The van der Waals surface area contributed by atoms with E-state index in [-0.39, 0.29) is 17.2 Å². The van der Waals surface area contributed by atoms with E-state index in [0.29, 0.717) is 17.1 Å². The van der Waals surface area contributed by atoms with Gasteiger partial charge in [-0.1, -0.05) is 6.92 Å². The Morgan fingerprint density at radius 3 is 2.59 bits per heavy atom. The Morgan fingerprint density at radius 2 is 1.97 bits per heavy atom. The van der Waals surface area contributed by atoms with Crippen LogP contribution in [-0.4, -0.2) is 68.1 Å². The predicted molar refractivity (Wildman–Crippen MR) is 122 cm³/mol. The first-order valence-corrected chi connectivity index (χ1v) is 11.0. The Bertz CT molecular complexity index is 1120. The molecule has 1 saturated carbocycles. The molecule has 3 aromatic rings. The lowest BCUT2D eigenvalue weighted by Crippen LogP contribution is -2.74. The average molecular weight is 437 g/mol. The molecule has 32 heavy (non-hydrogen) atoms. The van der Waals surface area contributed by atoms with Crippen LogP contribution in [0.15, 0.2) is 49.1 Å². The van der Waals surface area contributed by atoms with Gasteiger partial charge >= 0.3 is 0 Å². The average Bonchev–Trinajstić information content (AvgIpc) is 3.31.